The standard InChI is InChI=1S/C15H20N4O/c20-14(8-7-11-4-3-9-16-10-11)19-15-17-12-5-1-2-6-13(12)18-15/h1-2,5-6,11,16H,3-4,7-10H2,(H2,17,18,19,20). The number of benzene rings is 1. The van der Waals surface area contributed by atoms with Crippen molar-refractivity contribution >= 4 is 22.9 Å². The number of anilines is 1. The number of aromatic nitrogens is 2. The van der Waals surface area contributed by atoms with E-state index in [-0.39, 0.29) is 5.91 Å². The molecule has 3 rings (SSSR count). The van der Waals surface area contributed by atoms with Gasteiger partial charge in [-0.05, 0) is 50.4 Å². The topological polar surface area (TPSA) is 69.8 Å². The van der Waals surface area contributed by atoms with Gasteiger partial charge in [0.1, 0.15) is 0 Å². The van der Waals surface area contributed by atoms with E-state index in [9.17, 15) is 4.79 Å². The fourth-order valence-corrected chi connectivity index (χ4v) is 2.71. The highest BCUT2D eigenvalue weighted by molar-refractivity contribution is 5.91. The Balaban J connectivity index is 1.52. The molecule has 0 bridgehead atoms. The number of nitrogens with one attached hydrogen (secondary N) is 3. The molecule has 5 nitrogen and oxygen atoms in total. The van der Waals surface area contributed by atoms with E-state index in [0.717, 1.165) is 30.5 Å². The van der Waals surface area contributed by atoms with E-state index in [4.69, 9.17) is 0 Å². The minimum atomic E-state index is 0.0367. The summed E-state index contributed by atoms with van der Waals surface area (Å²) in [5.41, 5.74) is 1.82. The zero-order valence-corrected chi connectivity index (χ0v) is 11.5. The predicted octanol–water partition coefficient (Wildman–Crippen LogP) is 2.28. The van der Waals surface area contributed by atoms with Gasteiger partial charge in [-0.2, -0.15) is 0 Å². The molecule has 106 valence electrons. The summed E-state index contributed by atoms with van der Waals surface area (Å²) >= 11 is 0. The third-order valence-electron chi connectivity index (χ3n) is 3.83. The van der Waals surface area contributed by atoms with Crippen LogP contribution in [0.4, 0.5) is 5.95 Å². The first-order valence-electron chi connectivity index (χ1n) is 7.26. The van der Waals surface area contributed by atoms with Gasteiger partial charge in [-0.15, -0.1) is 0 Å². The van der Waals surface area contributed by atoms with Gasteiger partial charge < -0.3 is 10.3 Å². The van der Waals surface area contributed by atoms with Crippen molar-refractivity contribution in [2.24, 2.45) is 5.92 Å². The number of amides is 1. The second-order valence-corrected chi connectivity index (χ2v) is 5.40. The Morgan fingerprint density at radius 1 is 1.40 bits per heavy atom. The van der Waals surface area contributed by atoms with Crippen LogP contribution in [-0.2, 0) is 4.79 Å². The van der Waals surface area contributed by atoms with E-state index in [1.165, 1.54) is 12.8 Å². The molecule has 3 N–H and O–H groups in total. The predicted molar refractivity (Wildman–Crippen MR) is 79.6 cm³/mol. The van der Waals surface area contributed by atoms with Gasteiger partial charge in [-0.3, -0.25) is 10.1 Å². The summed E-state index contributed by atoms with van der Waals surface area (Å²) in [5.74, 6) is 1.21. The molecule has 20 heavy (non-hydrogen) atoms. The Kier molecular flexibility index (Phi) is 3.97. The van der Waals surface area contributed by atoms with Crippen LogP contribution in [0.3, 0.4) is 0 Å². The maximum Gasteiger partial charge on any atom is 0.226 e. The lowest BCUT2D eigenvalue weighted by Gasteiger charge is -2.22. The maximum atomic E-state index is 11.9. The highest BCUT2D eigenvalue weighted by Gasteiger charge is 2.15. The second kappa shape index (κ2) is 6.05. The average molecular weight is 272 g/mol. The van der Waals surface area contributed by atoms with Crippen molar-refractivity contribution in [1.29, 1.82) is 0 Å². The number of fused-ring (bicyclic) bond motifs is 1. The molecule has 5 heteroatoms. The zero-order valence-electron chi connectivity index (χ0n) is 11.5. The number of hydrogen-bond acceptors (Lipinski definition) is 3. The van der Waals surface area contributed by atoms with E-state index in [0.29, 0.717) is 18.3 Å². The molecule has 1 saturated heterocycles. The number of imidazole rings is 1. The van der Waals surface area contributed by atoms with Gasteiger partial charge in [0.2, 0.25) is 11.9 Å². The lowest BCUT2D eigenvalue weighted by atomic mass is 9.94. The van der Waals surface area contributed by atoms with Crippen LogP contribution in [-0.4, -0.2) is 29.0 Å². The van der Waals surface area contributed by atoms with Crippen molar-refractivity contribution in [3.63, 3.8) is 0 Å². The van der Waals surface area contributed by atoms with Gasteiger partial charge in [0, 0.05) is 6.42 Å². The fourth-order valence-electron chi connectivity index (χ4n) is 2.71. The first-order valence-corrected chi connectivity index (χ1v) is 7.26. The third-order valence-corrected chi connectivity index (χ3v) is 3.83. The second-order valence-electron chi connectivity index (χ2n) is 5.40. The fraction of sp³-hybridized carbons (Fsp3) is 0.467. The summed E-state index contributed by atoms with van der Waals surface area (Å²) in [6, 6.07) is 7.76. The van der Waals surface area contributed by atoms with E-state index >= 15 is 0 Å². The number of aromatic amines is 1. The molecule has 2 aromatic rings. The Labute approximate surface area is 118 Å². The summed E-state index contributed by atoms with van der Waals surface area (Å²) < 4.78 is 0. The molecule has 1 aromatic carbocycles. The molecule has 0 aliphatic carbocycles. The van der Waals surface area contributed by atoms with E-state index in [2.05, 4.69) is 20.6 Å². The highest BCUT2D eigenvalue weighted by atomic mass is 16.1. The SMILES string of the molecule is O=C(CCC1CCCNC1)Nc1nc2ccccc2[nH]1. The van der Waals surface area contributed by atoms with Gasteiger partial charge in [0.05, 0.1) is 11.0 Å². The largest absolute Gasteiger partial charge is 0.324 e. The highest BCUT2D eigenvalue weighted by Crippen LogP contribution is 2.17. The van der Waals surface area contributed by atoms with Crippen molar-refractivity contribution in [2.75, 3.05) is 18.4 Å². The van der Waals surface area contributed by atoms with Crippen LogP contribution in [0, 0.1) is 5.92 Å². The van der Waals surface area contributed by atoms with Crippen molar-refractivity contribution in [1.82, 2.24) is 15.3 Å². The van der Waals surface area contributed by atoms with Crippen molar-refractivity contribution in [3.05, 3.63) is 24.3 Å². The van der Waals surface area contributed by atoms with E-state index in [1.807, 2.05) is 24.3 Å². The number of carbonyl (C=O) groups is 1. The smallest absolute Gasteiger partial charge is 0.226 e. The minimum Gasteiger partial charge on any atom is -0.324 e. The van der Waals surface area contributed by atoms with Gasteiger partial charge in [0.25, 0.3) is 0 Å². The van der Waals surface area contributed by atoms with E-state index < -0.39 is 0 Å². The molecule has 2 heterocycles. The number of H-pyrrole nitrogens is 1. The monoisotopic (exact) mass is 272 g/mol. The van der Waals surface area contributed by atoms with Gasteiger partial charge >= 0.3 is 0 Å². The van der Waals surface area contributed by atoms with Gasteiger partial charge in [-0.25, -0.2) is 4.98 Å². The van der Waals surface area contributed by atoms with Crippen LogP contribution in [0.15, 0.2) is 24.3 Å². The van der Waals surface area contributed by atoms with E-state index in [1.54, 1.807) is 0 Å². The molecule has 0 spiro atoms. The number of piperidine rings is 1. The van der Waals surface area contributed by atoms with Gasteiger partial charge in [0.15, 0.2) is 0 Å². The zero-order chi connectivity index (χ0) is 13.8. The third kappa shape index (κ3) is 3.17. The molecular formula is C15H20N4O. The summed E-state index contributed by atoms with van der Waals surface area (Å²) in [5, 5.41) is 6.22. The van der Waals surface area contributed by atoms with Crippen molar-refractivity contribution in [3.8, 4) is 0 Å². The Hall–Kier alpha value is -1.88. The molecule has 1 aromatic heterocycles. The van der Waals surface area contributed by atoms with Crippen LogP contribution >= 0.6 is 0 Å². The first kappa shape index (κ1) is 13.1. The molecule has 1 atom stereocenters. The molecule has 1 amide bonds. The number of hydrogen-bond donors (Lipinski definition) is 3. The quantitative estimate of drug-likeness (QED) is 0.799. The van der Waals surface area contributed by atoms with Crippen LogP contribution in [0.2, 0.25) is 0 Å². The average Bonchev–Trinajstić information content (AvgIpc) is 2.88. The molecule has 1 unspecified atom stereocenters. The van der Waals surface area contributed by atoms with Crippen LogP contribution in [0.5, 0.6) is 0 Å². The number of carbonyl (C=O) groups excluding carboxylic acids is 1. The molecular weight excluding hydrogens is 252 g/mol. The Morgan fingerprint density at radius 2 is 2.30 bits per heavy atom. The van der Waals surface area contributed by atoms with Crippen LogP contribution in [0.1, 0.15) is 25.7 Å². The van der Waals surface area contributed by atoms with Gasteiger partial charge in [-0.1, -0.05) is 12.1 Å². The van der Waals surface area contributed by atoms with Crippen molar-refractivity contribution < 1.29 is 4.79 Å². The molecule has 1 aliphatic rings. The Morgan fingerprint density at radius 3 is 3.10 bits per heavy atom. The molecule has 0 saturated carbocycles. The molecule has 1 aliphatic heterocycles. The lowest BCUT2D eigenvalue weighted by Crippen LogP contribution is -2.30. The lowest BCUT2D eigenvalue weighted by molar-refractivity contribution is -0.116. The minimum absolute atomic E-state index is 0.0367. The normalized spacial score (nSPS) is 19.1. The number of rotatable bonds is 4. The summed E-state index contributed by atoms with van der Waals surface area (Å²) in [6.07, 6.45) is 3.95. The van der Waals surface area contributed by atoms with Crippen LogP contribution in [0.25, 0.3) is 11.0 Å². The summed E-state index contributed by atoms with van der Waals surface area (Å²) in [6.45, 7) is 2.15. The molecule has 1 fully saturated rings. The first-order chi connectivity index (χ1) is 9.81. The number of nitrogens with zero attached hydrogens (tertiary/aromatic N) is 1. The number of para-hydroxylation sites is 2. The molecule has 0 radical (unpaired) electrons. The summed E-state index contributed by atoms with van der Waals surface area (Å²) in [4.78, 5) is 19.4. The summed E-state index contributed by atoms with van der Waals surface area (Å²) in [7, 11) is 0. The van der Waals surface area contributed by atoms with Crippen LogP contribution < -0.4 is 10.6 Å². The maximum absolute atomic E-state index is 11.9. The van der Waals surface area contributed by atoms with Crippen molar-refractivity contribution in [2.45, 2.75) is 25.7 Å². The Bertz CT molecular complexity index is 553.